The molecule has 0 rings (SSSR count). The second kappa shape index (κ2) is 8.54. The molecule has 0 aromatic heterocycles. The van der Waals surface area contributed by atoms with Crippen molar-refractivity contribution >= 4 is 17.2 Å². The standard InChI is InChI=1S/C15H32ClP/c1-5-9-13-17(16,12-8-4,14-10-6-2)15-11-7-3/h8H,4-7,9-15H2,1-3H3. The van der Waals surface area contributed by atoms with E-state index in [9.17, 15) is 0 Å². The molecular formula is C15H32ClP. The van der Waals surface area contributed by atoms with Gasteiger partial charge in [-0.15, -0.1) is 0 Å². The van der Waals surface area contributed by atoms with Crippen molar-refractivity contribution in [2.24, 2.45) is 0 Å². The Morgan fingerprint density at radius 2 is 1.24 bits per heavy atom. The van der Waals surface area contributed by atoms with Gasteiger partial charge < -0.3 is 0 Å². The van der Waals surface area contributed by atoms with Crippen LogP contribution in [0.25, 0.3) is 0 Å². The van der Waals surface area contributed by atoms with Crippen LogP contribution >= 0.6 is 17.2 Å². The SMILES string of the molecule is C=CCP(Cl)(CCCC)(CCCC)CCCC. The van der Waals surface area contributed by atoms with Crippen molar-refractivity contribution < 1.29 is 0 Å². The van der Waals surface area contributed by atoms with Gasteiger partial charge in [0.1, 0.15) is 0 Å². The summed E-state index contributed by atoms with van der Waals surface area (Å²) in [4.78, 5) is 0. The van der Waals surface area contributed by atoms with E-state index in [0.29, 0.717) is 0 Å². The molecule has 0 N–H and O–H groups in total. The van der Waals surface area contributed by atoms with Crippen LogP contribution in [-0.4, -0.2) is 24.6 Å². The van der Waals surface area contributed by atoms with E-state index in [1.165, 1.54) is 57.0 Å². The summed E-state index contributed by atoms with van der Waals surface area (Å²) in [5.74, 6) is -1.98. The molecule has 17 heavy (non-hydrogen) atoms. The first kappa shape index (κ1) is 17.5. The molecule has 0 spiro atoms. The fourth-order valence-electron chi connectivity index (χ4n) is 2.59. The van der Waals surface area contributed by atoms with E-state index in [2.05, 4.69) is 33.4 Å². The summed E-state index contributed by atoms with van der Waals surface area (Å²) in [6, 6.07) is 0. The van der Waals surface area contributed by atoms with E-state index in [0.717, 1.165) is 6.16 Å². The van der Waals surface area contributed by atoms with E-state index in [-0.39, 0.29) is 0 Å². The normalized spacial score (nSPS) is 14.2. The Kier molecular flexibility index (Phi) is 8.77. The Bertz CT molecular complexity index is 188. The zero-order chi connectivity index (χ0) is 13.2. The van der Waals surface area contributed by atoms with Crippen LogP contribution in [0.2, 0.25) is 0 Å². The van der Waals surface area contributed by atoms with Gasteiger partial charge in [0.25, 0.3) is 0 Å². The van der Waals surface area contributed by atoms with E-state index in [1.807, 2.05) is 0 Å². The Hall–Kier alpha value is 0.460. The van der Waals surface area contributed by atoms with E-state index in [1.54, 1.807) is 0 Å². The van der Waals surface area contributed by atoms with E-state index in [4.69, 9.17) is 11.2 Å². The summed E-state index contributed by atoms with van der Waals surface area (Å²) >= 11 is 7.29. The number of hydrogen-bond acceptors (Lipinski definition) is 0. The molecule has 0 aromatic rings. The maximum absolute atomic E-state index is 7.29. The third-order valence-electron chi connectivity index (χ3n) is 3.80. The second-order valence-corrected chi connectivity index (χ2v) is 13.7. The quantitative estimate of drug-likeness (QED) is 0.308. The molecule has 0 fully saturated rings. The van der Waals surface area contributed by atoms with Crippen LogP contribution in [0, 0.1) is 0 Å². The molecule has 0 unspecified atom stereocenters. The van der Waals surface area contributed by atoms with Crippen molar-refractivity contribution in [1.82, 2.24) is 0 Å². The average molecular weight is 279 g/mol. The first-order chi connectivity index (χ1) is 8.04. The minimum absolute atomic E-state index is 1.09. The van der Waals surface area contributed by atoms with Gasteiger partial charge in [0.15, 0.2) is 0 Å². The van der Waals surface area contributed by atoms with Gasteiger partial charge in [0, 0.05) is 0 Å². The Morgan fingerprint density at radius 1 is 0.882 bits per heavy atom. The topological polar surface area (TPSA) is 0 Å². The van der Waals surface area contributed by atoms with Gasteiger partial charge in [-0.2, -0.15) is 0 Å². The molecule has 0 saturated carbocycles. The van der Waals surface area contributed by atoms with Gasteiger partial charge in [-0.25, -0.2) is 0 Å². The number of unbranched alkanes of at least 4 members (excludes halogenated alkanes) is 3. The molecule has 0 radical (unpaired) electrons. The predicted molar refractivity (Wildman–Crippen MR) is 87.2 cm³/mol. The van der Waals surface area contributed by atoms with Gasteiger partial charge >= 0.3 is 114 Å². The van der Waals surface area contributed by atoms with Gasteiger partial charge in [-0.3, -0.25) is 0 Å². The molecule has 0 aliphatic rings. The van der Waals surface area contributed by atoms with Crippen LogP contribution in [0.5, 0.6) is 0 Å². The van der Waals surface area contributed by atoms with Crippen molar-refractivity contribution in [2.75, 3.05) is 24.6 Å². The zero-order valence-electron chi connectivity index (χ0n) is 12.2. The molecule has 0 nitrogen and oxygen atoms in total. The third-order valence-corrected chi connectivity index (χ3v) is 11.2. The molecular weight excluding hydrogens is 247 g/mol. The summed E-state index contributed by atoms with van der Waals surface area (Å²) < 4.78 is 0. The van der Waals surface area contributed by atoms with Crippen molar-refractivity contribution in [3.63, 3.8) is 0 Å². The van der Waals surface area contributed by atoms with Gasteiger partial charge in [-0.1, -0.05) is 0 Å². The Labute approximate surface area is 114 Å². The predicted octanol–water partition coefficient (Wildman–Crippen LogP) is 6.28. The molecule has 2 heteroatoms. The number of allylic oxidation sites excluding steroid dienone is 1. The second-order valence-electron chi connectivity index (χ2n) is 5.52. The summed E-state index contributed by atoms with van der Waals surface area (Å²) in [6.45, 7) is 10.8. The Morgan fingerprint density at radius 3 is 1.47 bits per heavy atom. The molecule has 0 saturated heterocycles. The fourth-order valence-corrected chi connectivity index (χ4v) is 9.14. The molecule has 0 aliphatic heterocycles. The molecule has 0 aromatic carbocycles. The van der Waals surface area contributed by atoms with Crippen LogP contribution < -0.4 is 0 Å². The first-order valence-corrected chi connectivity index (χ1v) is 11.3. The monoisotopic (exact) mass is 278 g/mol. The van der Waals surface area contributed by atoms with Crippen LogP contribution in [-0.2, 0) is 0 Å². The van der Waals surface area contributed by atoms with Crippen LogP contribution in [0.1, 0.15) is 59.3 Å². The van der Waals surface area contributed by atoms with Crippen LogP contribution in [0.15, 0.2) is 12.7 Å². The van der Waals surface area contributed by atoms with Crippen LogP contribution in [0.3, 0.4) is 0 Å². The van der Waals surface area contributed by atoms with Crippen molar-refractivity contribution in [3.05, 3.63) is 12.7 Å². The summed E-state index contributed by atoms with van der Waals surface area (Å²) in [5, 5.41) is 0. The zero-order valence-corrected chi connectivity index (χ0v) is 13.8. The number of halogens is 1. The molecule has 0 aliphatic carbocycles. The molecule has 0 bridgehead atoms. The molecule has 0 amide bonds. The average Bonchev–Trinajstić information content (AvgIpc) is 2.33. The first-order valence-electron chi connectivity index (χ1n) is 7.37. The number of hydrogen-bond donors (Lipinski definition) is 0. The summed E-state index contributed by atoms with van der Waals surface area (Å²) in [6.07, 6.45) is 14.7. The molecule has 104 valence electrons. The molecule has 0 atom stereocenters. The number of rotatable bonds is 11. The molecule has 0 heterocycles. The fraction of sp³-hybridized carbons (Fsp3) is 0.867. The van der Waals surface area contributed by atoms with Crippen LogP contribution in [0.4, 0.5) is 0 Å². The van der Waals surface area contributed by atoms with Gasteiger partial charge in [0.2, 0.25) is 0 Å². The summed E-state index contributed by atoms with van der Waals surface area (Å²) in [7, 11) is 0. The van der Waals surface area contributed by atoms with Crippen molar-refractivity contribution in [2.45, 2.75) is 59.3 Å². The Balaban J connectivity index is 4.82. The van der Waals surface area contributed by atoms with Crippen molar-refractivity contribution in [1.29, 1.82) is 0 Å². The van der Waals surface area contributed by atoms with Crippen molar-refractivity contribution in [3.8, 4) is 0 Å². The maximum atomic E-state index is 7.29. The minimum atomic E-state index is -1.98. The third kappa shape index (κ3) is 6.25. The van der Waals surface area contributed by atoms with E-state index >= 15 is 0 Å². The van der Waals surface area contributed by atoms with E-state index < -0.39 is 5.96 Å². The van der Waals surface area contributed by atoms with Gasteiger partial charge in [-0.05, 0) is 0 Å². The van der Waals surface area contributed by atoms with Gasteiger partial charge in [0.05, 0.1) is 0 Å². The summed E-state index contributed by atoms with van der Waals surface area (Å²) in [5.41, 5.74) is 0.